The van der Waals surface area contributed by atoms with Crippen molar-refractivity contribution in [2.75, 3.05) is 20.1 Å². The van der Waals surface area contributed by atoms with Crippen molar-refractivity contribution in [1.29, 1.82) is 0 Å². The number of hydrogen-bond acceptors (Lipinski definition) is 3. The van der Waals surface area contributed by atoms with Crippen LogP contribution in [-0.2, 0) is 4.79 Å². The molecule has 0 aromatic rings. The second kappa shape index (κ2) is 6.32. The number of amidine groups is 1. The minimum atomic E-state index is -0.377. The largest absolute Gasteiger partial charge is 0.361 e. The van der Waals surface area contributed by atoms with Gasteiger partial charge in [-0.25, -0.2) is 0 Å². The quantitative estimate of drug-likeness (QED) is 0.454. The molecular formula is C14H25N3O. The highest BCUT2D eigenvalue weighted by Crippen LogP contribution is 2.26. The van der Waals surface area contributed by atoms with Gasteiger partial charge in [0.05, 0.1) is 11.4 Å². The van der Waals surface area contributed by atoms with Gasteiger partial charge in [-0.3, -0.25) is 4.99 Å². The van der Waals surface area contributed by atoms with Crippen molar-refractivity contribution < 1.29 is 4.79 Å². The van der Waals surface area contributed by atoms with E-state index in [0.29, 0.717) is 5.92 Å². The third-order valence-electron chi connectivity index (χ3n) is 4.33. The van der Waals surface area contributed by atoms with E-state index in [2.05, 4.69) is 15.6 Å². The summed E-state index contributed by atoms with van der Waals surface area (Å²) in [7, 11) is 1.84. The van der Waals surface area contributed by atoms with Crippen molar-refractivity contribution in [2.45, 2.75) is 50.5 Å². The molecule has 1 aliphatic carbocycles. The predicted octanol–water partition coefficient (Wildman–Crippen LogP) is 1.51. The number of carbonyl (C=O) groups excluding carboxylic acids is 1. The fourth-order valence-electron chi connectivity index (χ4n) is 3.12. The van der Waals surface area contributed by atoms with Crippen molar-refractivity contribution in [2.24, 2.45) is 10.9 Å². The molecule has 2 fully saturated rings. The van der Waals surface area contributed by atoms with Gasteiger partial charge in [0, 0.05) is 13.0 Å². The molecule has 0 atom stereocenters. The van der Waals surface area contributed by atoms with Gasteiger partial charge in [0.15, 0.2) is 0 Å². The lowest BCUT2D eigenvalue weighted by Crippen LogP contribution is -2.57. The van der Waals surface area contributed by atoms with E-state index in [1.807, 2.05) is 7.05 Å². The summed E-state index contributed by atoms with van der Waals surface area (Å²) in [4.78, 5) is 15.9. The number of carbonyl (C=O) groups is 1. The summed E-state index contributed by atoms with van der Waals surface area (Å²) in [5, 5.41) is 6.79. The lowest BCUT2D eigenvalue weighted by Gasteiger charge is -2.37. The van der Waals surface area contributed by atoms with E-state index in [1.165, 1.54) is 32.1 Å². The summed E-state index contributed by atoms with van der Waals surface area (Å²) < 4.78 is 0. The average molecular weight is 251 g/mol. The maximum Gasteiger partial charge on any atom is 0.145 e. The summed E-state index contributed by atoms with van der Waals surface area (Å²) in [6.07, 6.45) is 9.18. The van der Waals surface area contributed by atoms with Crippen molar-refractivity contribution in [1.82, 2.24) is 10.6 Å². The van der Waals surface area contributed by atoms with Gasteiger partial charge in [0.1, 0.15) is 6.29 Å². The number of rotatable bonds is 3. The number of nitrogens with one attached hydrogen (secondary N) is 2. The van der Waals surface area contributed by atoms with E-state index in [0.717, 1.165) is 38.1 Å². The predicted molar refractivity (Wildman–Crippen MR) is 74.0 cm³/mol. The molecule has 0 bridgehead atoms. The van der Waals surface area contributed by atoms with E-state index in [9.17, 15) is 4.79 Å². The molecule has 0 aromatic carbocycles. The van der Waals surface area contributed by atoms with E-state index >= 15 is 0 Å². The standard InChI is InChI=1S/C14H25N3O/c1-15-13(12-5-3-2-4-6-12)17-14(11-18)7-9-16-10-8-14/h11-12,16H,2-10H2,1H3,(H,15,17). The smallest absolute Gasteiger partial charge is 0.145 e. The van der Waals surface area contributed by atoms with Gasteiger partial charge < -0.3 is 15.4 Å². The van der Waals surface area contributed by atoms with Gasteiger partial charge in [0.25, 0.3) is 0 Å². The Bertz CT molecular complexity index is 302. The van der Waals surface area contributed by atoms with Gasteiger partial charge in [-0.2, -0.15) is 0 Å². The first-order chi connectivity index (χ1) is 8.79. The molecular weight excluding hydrogens is 226 g/mol. The zero-order valence-corrected chi connectivity index (χ0v) is 11.4. The van der Waals surface area contributed by atoms with Crippen molar-refractivity contribution >= 4 is 12.1 Å². The molecule has 102 valence electrons. The molecule has 2 N–H and O–H groups in total. The summed E-state index contributed by atoms with van der Waals surface area (Å²) in [5.41, 5.74) is -0.377. The normalized spacial score (nSPS) is 25.7. The molecule has 18 heavy (non-hydrogen) atoms. The fourth-order valence-corrected chi connectivity index (χ4v) is 3.12. The summed E-state index contributed by atoms with van der Waals surface area (Å²) in [5.74, 6) is 1.60. The van der Waals surface area contributed by atoms with Crippen LogP contribution in [0.25, 0.3) is 0 Å². The van der Waals surface area contributed by atoms with Crippen molar-refractivity contribution in [3.63, 3.8) is 0 Å². The maximum absolute atomic E-state index is 11.5. The summed E-state index contributed by atoms with van der Waals surface area (Å²) in [6.45, 7) is 1.82. The van der Waals surface area contributed by atoms with E-state index in [1.54, 1.807) is 0 Å². The topological polar surface area (TPSA) is 53.5 Å². The van der Waals surface area contributed by atoms with Gasteiger partial charge in [-0.15, -0.1) is 0 Å². The summed E-state index contributed by atoms with van der Waals surface area (Å²) >= 11 is 0. The number of piperidine rings is 1. The van der Waals surface area contributed by atoms with Crippen LogP contribution < -0.4 is 10.6 Å². The fraction of sp³-hybridized carbons (Fsp3) is 0.857. The van der Waals surface area contributed by atoms with Crippen LogP contribution in [0.2, 0.25) is 0 Å². The average Bonchev–Trinajstić information content (AvgIpc) is 2.47. The number of hydrogen-bond donors (Lipinski definition) is 2. The Morgan fingerprint density at radius 1 is 1.28 bits per heavy atom. The van der Waals surface area contributed by atoms with Crippen LogP contribution in [0.4, 0.5) is 0 Å². The Hall–Kier alpha value is -0.900. The van der Waals surface area contributed by atoms with Gasteiger partial charge in [0.2, 0.25) is 0 Å². The third kappa shape index (κ3) is 3.10. The van der Waals surface area contributed by atoms with Crippen LogP contribution in [0.5, 0.6) is 0 Å². The summed E-state index contributed by atoms with van der Waals surface area (Å²) in [6, 6.07) is 0. The first-order valence-corrected chi connectivity index (χ1v) is 7.21. The lowest BCUT2D eigenvalue weighted by atomic mass is 9.85. The highest BCUT2D eigenvalue weighted by Gasteiger charge is 2.34. The maximum atomic E-state index is 11.5. The molecule has 1 heterocycles. The third-order valence-corrected chi connectivity index (χ3v) is 4.33. The van der Waals surface area contributed by atoms with Crippen LogP contribution in [0.1, 0.15) is 44.9 Å². The molecule has 0 radical (unpaired) electrons. The van der Waals surface area contributed by atoms with Crippen molar-refractivity contribution in [3.8, 4) is 0 Å². The van der Waals surface area contributed by atoms with Crippen LogP contribution in [0, 0.1) is 5.92 Å². The minimum Gasteiger partial charge on any atom is -0.361 e. The molecule has 1 saturated heterocycles. The molecule has 4 heteroatoms. The monoisotopic (exact) mass is 251 g/mol. The van der Waals surface area contributed by atoms with Crippen LogP contribution in [-0.4, -0.2) is 37.8 Å². The molecule has 1 aliphatic heterocycles. The zero-order valence-electron chi connectivity index (χ0n) is 11.4. The Morgan fingerprint density at radius 3 is 2.50 bits per heavy atom. The van der Waals surface area contributed by atoms with Crippen LogP contribution >= 0.6 is 0 Å². The first kappa shape index (κ1) is 13.5. The second-order valence-electron chi connectivity index (χ2n) is 5.59. The number of aliphatic imine (C=N–C) groups is 1. The molecule has 2 rings (SSSR count). The Labute approximate surface area is 110 Å². The molecule has 0 unspecified atom stereocenters. The van der Waals surface area contributed by atoms with E-state index in [-0.39, 0.29) is 5.54 Å². The van der Waals surface area contributed by atoms with E-state index < -0.39 is 0 Å². The van der Waals surface area contributed by atoms with E-state index in [4.69, 9.17) is 0 Å². The Kier molecular flexibility index (Phi) is 4.75. The Balaban J connectivity index is 2.01. The van der Waals surface area contributed by atoms with Gasteiger partial charge >= 0.3 is 0 Å². The number of nitrogens with zero attached hydrogens (tertiary/aromatic N) is 1. The highest BCUT2D eigenvalue weighted by atomic mass is 16.1. The lowest BCUT2D eigenvalue weighted by molar-refractivity contribution is -0.113. The van der Waals surface area contributed by atoms with Crippen LogP contribution in [0.15, 0.2) is 4.99 Å². The van der Waals surface area contributed by atoms with Crippen LogP contribution in [0.3, 0.4) is 0 Å². The number of aldehydes is 1. The SMILES string of the molecule is CN=C(NC1(C=O)CCNCC1)C1CCCCC1. The van der Waals surface area contributed by atoms with Gasteiger partial charge in [-0.05, 0) is 38.8 Å². The minimum absolute atomic E-state index is 0.377. The molecule has 4 nitrogen and oxygen atoms in total. The van der Waals surface area contributed by atoms with Gasteiger partial charge in [-0.1, -0.05) is 19.3 Å². The molecule has 1 saturated carbocycles. The van der Waals surface area contributed by atoms with Crippen molar-refractivity contribution in [3.05, 3.63) is 0 Å². The molecule has 0 spiro atoms. The molecule has 2 aliphatic rings. The zero-order chi connectivity index (χ0) is 12.8. The Morgan fingerprint density at radius 2 is 1.94 bits per heavy atom. The molecule has 0 amide bonds. The highest BCUT2D eigenvalue weighted by molar-refractivity contribution is 5.88. The molecule has 0 aromatic heterocycles. The first-order valence-electron chi connectivity index (χ1n) is 7.21. The second-order valence-corrected chi connectivity index (χ2v) is 5.59.